The Morgan fingerprint density at radius 1 is 0.136 bits per heavy atom. The molecule has 16 aromatic carbocycles. The van der Waals surface area contributed by atoms with Gasteiger partial charge in [-0.1, -0.05) is 291 Å². The van der Waals surface area contributed by atoms with Crippen LogP contribution in [0, 0.1) is 0 Å². The van der Waals surface area contributed by atoms with Crippen molar-refractivity contribution in [3.63, 3.8) is 0 Å². The van der Waals surface area contributed by atoms with Crippen LogP contribution >= 0.6 is 26.9 Å². The molecule has 0 saturated carbocycles. The summed E-state index contributed by atoms with van der Waals surface area (Å²) in [5, 5.41) is 13.8. The maximum atomic E-state index is 12.3. The molecule has 0 radical (unpaired) electrons. The van der Waals surface area contributed by atoms with E-state index in [1.54, 1.807) is 97.1 Å². The minimum absolute atomic E-state index is 0. The Bertz CT molecular complexity index is 4950. The number of benzene rings is 16. The maximum Gasteiger partial charge on any atom is 4.00 e. The van der Waals surface area contributed by atoms with Crippen molar-refractivity contribution in [1.29, 1.82) is 0 Å². The third-order valence-electron chi connectivity index (χ3n) is 16.6. The fourth-order valence-corrected chi connectivity index (χ4v) is 29.6. The van der Waals surface area contributed by atoms with Crippen LogP contribution in [0.1, 0.15) is 0 Å². The Hall–Kier alpha value is -5.70. The monoisotopic (exact) mass is 1750 g/mol. The Kier molecular flexibility index (Phi) is 27.1. The van der Waals surface area contributed by atoms with Crippen molar-refractivity contribution in [1.82, 2.24) is 0 Å². The van der Waals surface area contributed by atoms with Gasteiger partial charge in [0.15, 0.2) is 0 Å². The molecule has 0 aromatic heterocycles. The second kappa shape index (κ2) is 34.9. The van der Waals surface area contributed by atoms with Crippen LogP contribution in [0.15, 0.2) is 379 Å². The first-order valence-corrected chi connectivity index (χ1v) is 44.6. The molecule has 16 aromatic rings. The molecule has 0 atom stereocenters. The van der Waals surface area contributed by atoms with Crippen LogP contribution < -0.4 is 58.7 Å². The summed E-state index contributed by atoms with van der Waals surface area (Å²) in [6.45, 7) is -19.6. The zero-order valence-electron chi connectivity index (χ0n) is 53.9. The van der Waals surface area contributed by atoms with Crippen LogP contribution in [0.25, 0.3) is 86.2 Å². The zero-order valence-corrected chi connectivity index (χ0v) is 66.7. The van der Waals surface area contributed by atoms with Gasteiger partial charge < -0.3 is 85.6 Å². The third kappa shape index (κ3) is 18.0. The SMILES string of the molecule is [Mo+4].[Mo+4].[Mo+4].[O-]P([O-])([O-])=S(c1cccc2ccccc12)c1cccc2ccccc12.[O-]P([O-])([O-])=S(c1cccc2ccccc12)c1cccc2ccccc12.[O-]P([O-])([O-])=S(c1cccc2ccccc12)c1cccc2ccccc12.[O-]P([O-])([O-])=S(c1cccc2ccccc12)c1cccc2ccccc12. The summed E-state index contributed by atoms with van der Waals surface area (Å²) in [5.74, 6) is 0. The van der Waals surface area contributed by atoms with E-state index in [-0.39, 0.29) is 63.2 Å². The molecule has 0 heterocycles. The van der Waals surface area contributed by atoms with E-state index in [1.807, 2.05) is 243 Å². The van der Waals surface area contributed by atoms with Gasteiger partial charge in [-0.3, -0.25) is 0 Å². The average Bonchev–Trinajstić information content (AvgIpc) is 0.780. The van der Waals surface area contributed by atoms with E-state index >= 15 is 0 Å². The summed E-state index contributed by atoms with van der Waals surface area (Å²) < 4.78 is 0. The largest absolute Gasteiger partial charge is 4.00 e. The number of fused-ring (bicyclic) bond motifs is 8. The Labute approximate surface area is 647 Å². The molecular formula is C80H56Mo3O12P4S4. The van der Waals surface area contributed by atoms with Crippen molar-refractivity contribution in [2.45, 2.75) is 39.2 Å². The van der Waals surface area contributed by atoms with Crippen molar-refractivity contribution in [3.8, 4) is 0 Å². The van der Waals surface area contributed by atoms with Crippen LogP contribution in [0.2, 0.25) is 0 Å². The molecular weight excluding hydrogens is 1690 g/mol. The van der Waals surface area contributed by atoms with Gasteiger partial charge in [0.25, 0.3) is 0 Å². The van der Waals surface area contributed by atoms with Crippen molar-refractivity contribution < 1.29 is 122 Å². The summed E-state index contributed by atoms with van der Waals surface area (Å²) in [6, 6.07) is 104. The molecule has 23 heteroatoms. The van der Waals surface area contributed by atoms with Crippen LogP contribution in [0.5, 0.6) is 0 Å². The molecule has 0 aliphatic carbocycles. The van der Waals surface area contributed by atoms with E-state index in [0.717, 1.165) is 86.2 Å². The molecule has 0 bridgehead atoms. The molecule has 103 heavy (non-hydrogen) atoms. The summed E-state index contributed by atoms with van der Waals surface area (Å²) in [5.41, 5.74) is 0. The van der Waals surface area contributed by atoms with E-state index in [9.17, 15) is 58.7 Å². The van der Waals surface area contributed by atoms with E-state index in [1.165, 1.54) is 0 Å². The topological polar surface area (TPSA) is 277 Å². The minimum Gasteiger partial charge on any atom is -0.847 e. The van der Waals surface area contributed by atoms with Crippen LogP contribution in [0.4, 0.5) is 0 Å². The van der Waals surface area contributed by atoms with Crippen molar-refractivity contribution >= 4 is 153 Å². The van der Waals surface area contributed by atoms with Gasteiger partial charge in [-0.05, 0) is 135 Å². The number of hydrogen-bond acceptors (Lipinski definition) is 12. The first-order valence-electron chi connectivity index (χ1n) is 31.1. The quantitative estimate of drug-likeness (QED) is 0.101. The molecule has 0 amide bonds. The fourth-order valence-electron chi connectivity index (χ4n) is 12.4. The minimum atomic E-state index is -4.90. The van der Waals surface area contributed by atoms with Gasteiger partial charge >= 0.3 is 63.2 Å². The molecule has 510 valence electrons. The standard InChI is InChI=1S/4C20H14O3PS.3Mo/c4*21-24(22,23)25(19-13-5-9-15-7-1-3-11-17(15)19)20-14-6-10-16-8-2-4-12-18(16)20;;;/h4*1-14H;;;/q4*-3;3*+4. The summed E-state index contributed by atoms with van der Waals surface area (Å²) in [6.07, 6.45) is 0. The van der Waals surface area contributed by atoms with Crippen molar-refractivity contribution in [2.24, 2.45) is 0 Å². The molecule has 12 nitrogen and oxygen atoms in total. The molecule has 0 saturated heterocycles. The number of hydrogen-bond donors (Lipinski definition) is 0. The van der Waals surface area contributed by atoms with Crippen LogP contribution in [-0.2, 0) is 103 Å². The molecule has 0 fully saturated rings. The number of rotatable bonds is 8. The molecule has 16 rings (SSSR count). The van der Waals surface area contributed by atoms with E-state index < -0.39 is 67.2 Å². The molecule has 0 unspecified atom stereocenters. The van der Waals surface area contributed by atoms with Crippen LogP contribution in [-0.4, -0.2) is 0 Å². The smallest absolute Gasteiger partial charge is 0.847 e. The van der Waals surface area contributed by atoms with Gasteiger partial charge in [0.1, 0.15) is 0 Å². The first-order chi connectivity index (χ1) is 48.2. The summed E-state index contributed by atoms with van der Waals surface area (Å²) in [7, 11) is -6.29. The van der Waals surface area contributed by atoms with Gasteiger partial charge in [0.2, 0.25) is 0 Å². The summed E-state index contributed by atoms with van der Waals surface area (Å²) in [4.78, 5) is 152. The maximum absolute atomic E-state index is 12.3. The normalized spacial score (nSPS) is 11.8. The zero-order chi connectivity index (χ0) is 69.8. The summed E-state index contributed by atoms with van der Waals surface area (Å²) >= 11 is 0. The van der Waals surface area contributed by atoms with E-state index in [4.69, 9.17) is 0 Å². The Morgan fingerprint density at radius 3 is 0.340 bits per heavy atom. The van der Waals surface area contributed by atoms with Crippen molar-refractivity contribution in [3.05, 3.63) is 340 Å². The molecule has 0 aliphatic heterocycles. The predicted octanol–water partition coefficient (Wildman–Crippen LogP) is 11.1. The average molecular weight is 1750 g/mol. The van der Waals surface area contributed by atoms with Gasteiger partial charge in [-0.2, -0.15) is 40.3 Å². The fraction of sp³-hybridized carbons (Fsp3) is 0. The first kappa shape index (κ1) is 79.9. The predicted molar refractivity (Wildman–Crippen MR) is 395 cm³/mol. The van der Waals surface area contributed by atoms with Crippen LogP contribution in [0.3, 0.4) is 0 Å². The van der Waals surface area contributed by atoms with Crippen molar-refractivity contribution in [2.75, 3.05) is 0 Å². The van der Waals surface area contributed by atoms with E-state index in [2.05, 4.69) is 0 Å². The second-order valence-corrected chi connectivity index (χ2v) is 41.9. The second-order valence-electron chi connectivity index (χ2n) is 22.7. The van der Waals surface area contributed by atoms with Gasteiger partial charge in [0.05, 0.1) is 0 Å². The molecule has 0 spiro atoms. The van der Waals surface area contributed by atoms with Gasteiger partial charge in [-0.15, -0.1) is 0 Å². The Morgan fingerprint density at radius 2 is 0.233 bits per heavy atom. The third-order valence-corrected chi connectivity index (χ3v) is 34.6. The molecule has 0 N–H and O–H groups in total. The van der Waals surface area contributed by atoms with E-state index in [0.29, 0.717) is 39.2 Å². The van der Waals surface area contributed by atoms with Gasteiger partial charge in [-0.25, -0.2) is 0 Å². The van der Waals surface area contributed by atoms with Gasteiger partial charge in [0, 0.05) is 39.2 Å². The molecule has 0 aliphatic rings. The Balaban J connectivity index is 0.000000146.